The molecule has 2 heterocycles. The molecule has 0 aliphatic carbocycles. The molecular formula is C11H17N3O. The summed E-state index contributed by atoms with van der Waals surface area (Å²) in [5, 5.41) is 3.09. The molecule has 15 heavy (non-hydrogen) atoms. The molecule has 0 aromatic carbocycles. The summed E-state index contributed by atoms with van der Waals surface area (Å²) < 4.78 is 5.31. The van der Waals surface area contributed by atoms with Crippen LogP contribution in [0, 0.1) is 0 Å². The highest BCUT2D eigenvalue weighted by molar-refractivity contribution is 5.44. The molecule has 1 aromatic rings. The lowest BCUT2D eigenvalue weighted by Gasteiger charge is -2.28. The van der Waals surface area contributed by atoms with Gasteiger partial charge in [0, 0.05) is 19.6 Å². The zero-order valence-corrected chi connectivity index (χ0v) is 9.07. The van der Waals surface area contributed by atoms with E-state index in [4.69, 9.17) is 4.74 Å². The second kappa shape index (κ2) is 5.09. The molecule has 0 bridgehead atoms. The van der Waals surface area contributed by atoms with Crippen molar-refractivity contribution in [3.05, 3.63) is 24.0 Å². The first-order valence-corrected chi connectivity index (χ1v) is 5.32. The molecule has 0 atom stereocenters. The van der Waals surface area contributed by atoms with Crippen molar-refractivity contribution in [1.29, 1.82) is 0 Å². The molecule has 4 nitrogen and oxygen atoms in total. The highest BCUT2D eigenvalue weighted by atomic mass is 16.5. The summed E-state index contributed by atoms with van der Waals surface area (Å²) in [4.78, 5) is 6.70. The summed E-state index contributed by atoms with van der Waals surface area (Å²) in [7, 11) is 1.93. The predicted octanol–water partition coefficient (Wildman–Crippen LogP) is 0.638. The Hall–Kier alpha value is -1.13. The Kier molecular flexibility index (Phi) is 3.53. The molecule has 0 amide bonds. The number of morpholine rings is 1. The number of nitrogens with one attached hydrogen (secondary N) is 1. The van der Waals surface area contributed by atoms with Gasteiger partial charge in [0.2, 0.25) is 0 Å². The lowest BCUT2D eigenvalue weighted by atomic mass is 10.3. The highest BCUT2D eigenvalue weighted by Crippen LogP contribution is 2.14. The van der Waals surface area contributed by atoms with Gasteiger partial charge in [-0.2, -0.15) is 0 Å². The summed E-state index contributed by atoms with van der Waals surface area (Å²) >= 11 is 0. The van der Waals surface area contributed by atoms with Gasteiger partial charge in [-0.05, 0) is 19.2 Å². The minimum Gasteiger partial charge on any atom is -0.378 e. The summed E-state index contributed by atoms with van der Waals surface area (Å²) in [6.45, 7) is 4.39. The number of hydrogen-bond donors (Lipinski definition) is 1. The zero-order chi connectivity index (χ0) is 10.5. The van der Waals surface area contributed by atoms with E-state index in [1.807, 2.05) is 13.2 Å². The van der Waals surface area contributed by atoms with E-state index in [9.17, 15) is 0 Å². The molecule has 1 aliphatic heterocycles. The van der Waals surface area contributed by atoms with Crippen molar-refractivity contribution in [3.8, 4) is 0 Å². The average Bonchev–Trinajstić information content (AvgIpc) is 2.32. The first-order chi connectivity index (χ1) is 7.40. The molecule has 4 heteroatoms. The van der Waals surface area contributed by atoms with Gasteiger partial charge in [0.25, 0.3) is 0 Å². The van der Waals surface area contributed by atoms with E-state index in [2.05, 4.69) is 27.3 Å². The third kappa shape index (κ3) is 2.67. The van der Waals surface area contributed by atoms with Crippen LogP contribution in [-0.4, -0.2) is 38.3 Å². The number of anilines is 1. The lowest BCUT2D eigenvalue weighted by Crippen LogP contribution is -2.36. The Balaban J connectivity index is 2.02. The van der Waals surface area contributed by atoms with E-state index >= 15 is 0 Å². The second-order valence-electron chi connectivity index (χ2n) is 3.64. The third-order valence-corrected chi connectivity index (χ3v) is 2.54. The van der Waals surface area contributed by atoms with E-state index < -0.39 is 0 Å². The largest absolute Gasteiger partial charge is 0.378 e. The summed E-state index contributed by atoms with van der Waals surface area (Å²) in [5.74, 6) is 0. The zero-order valence-electron chi connectivity index (χ0n) is 9.07. The second-order valence-corrected chi connectivity index (χ2v) is 3.64. The number of rotatable bonds is 3. The Morgan fingerprint density at radius 3 is 2.80 bits per heavy atom. The highest BCUT2D eigenvalue weighted by Gasteiger charge is 2.10. The molecule has 1 aliphatic rings. The predicted molar refractivity (Wildman–Crippen MR) is 60.0 cm³/mol. The molecule has 0 saturated carbocycles. The van der Waals surface area contributed by atoms with Crippen LogP contribution in [0.2, 0.25) is 0 Å². The van der Waals surface area contributed by atoms with Crippen molar-refractivity contribution in [3.63, 3.8) is 0 Å². The number of hydrogen-bond acceptors (Lipinski definition) is 4. The molecule has 1 fully saturated rings. The van der Waals surface area contributed by atoms with Crippen LogP contribution >= 0.6 is 0 Å². The van der Waals surface area contributed by atoms with Crippen LogP contribution in [0.1, 0.15) is 5.69 Å². The molecule has 0 spiro atoms. The van der Waals surface area contributed by atoms with Crippen molar-refractivity contribution in [1.82, 2.24) is 10.3 Å². The molecule has 2 rings (SSSR count). The van der Waals surface area contributed by atoms with Crippen LogP contribution in [0.5, 0.6) is 0 Å². The van der Waals surface area contributed by atoms with Crippen LogP contribution in [0.25, 0.3) is 0 Å². The standard InChI is InChI=1S/C11H17N3O/c1-12-8-10-2-3-11(9-13-10)14-4-6-15-7-5-14/h2-3,9,12H,4-8H2,1H3. The van der Waals surface area contributed by atoms with Crippen LogP contribution in [0.3, 0.4) is 0 Å². The summed E-state index contributed by atoms with van der Waals surface area (Å²) in [6, 6.07) is 4.20. The third-order valence-electron chi connectivity index (χ3n) is 2.54. The SMILES string of the molecule is CNCc1ccc(N2CCOCC2)cn1. The van der Waals surface area contributed by atoms with Gasteiger partial charge in [-0.3, -0.25) is 4.98 Å². The number of ether oxygens (including phenoxy) is 1. The molecule has 1 saturated heterocycles. The van der Waals surface area contributed by atoms with Crippen molar-refractivity contribution < 1.29 is 4.74 Å². The first-order valence-electron chi connectivity index (χ1n) is 5.32. The fourth-order valence-electron chi connectivity index (χ4n) is 1.71. The molecule has 1 aromatic heterocycles. The average molecular weight is 207 g/mol. The van der Waals surface area contributed by atoms with Crippen molar-refractivity contribution in [2.45, 2.75) is 6.54 Å². The molecule has 82 valence electrons. The number of nitrogens with zero attached hydrogens (tertiary/aromatic N) is 2. The maximum absolute atomic E-state index is 5.31. The smallest absolute Gasteiger partial charge is 0.0642 e. The van der Waals surface area contributed by atoms with E-state index in [1.165, 1.54) is 5.69 Å². The molecule has 0 radical (unpaired) electrons. The van der Waals surface area contributed by atoms with Crippen LogP contribution < -0.4 is 10.2 Å². The van der Waals surface area contributed by atoms with Gasteiger partial charge in [-0.1, -0.05) is 0 Å². The maximum Gasteiger partial charge on any atom is 0.0642 e. The number of pyridine rings is 1. The lowest BCUT2D eigenvalue weighted by molar-refractivity contribution is 0.122. The van der Waals surface area contributed by atoms with Crippen LogP contribution in [0.4, 0.5) is 5.69 Å². The molecular weight excluding hydrogens is 190 g/mol. The fourth-order valence-corrected chi connectivity index (χ4v) is 1.71. The van der Waals surface area contributed by atoms with E-state index in [-0.39, 0.29) is 0 Å². The Morgan fingerprint density at radius 2 is 2.20 bits per heavy atom. The topological polar surface area (TPSA) is 37.4 Å². The van der Waals surface area contributed by atoms with Crippen LogP contribution in [0.15, 0.2) is 18.3 Å². The Bertz CT molecular complexity index is 293. The molecule has 1 N–H and O–H groups in total. The minimum atomic E-state index is 0.818. The van der Waals surface area contributed by atoms with Crippen LogP contribution in [-0.2, 0) is 11.3 Å². The Labute approximate surface area is 90.3 Å². The minimum absolute atomic E-state index is 0.818. The van der Waals surface area contributed by atoms with Crippen molar-refractivity contribution in [2.75, 3.05) is 38.3 Å². The quantitative estimate of drug-likeness (QED) is 0.789. The van der Waals surface area contributed by atoms with Gasteiger partial charge < -0.3 is 15.0 Å². The van der Waals surface area contributed by atoms with E-state index in [0.717, 1.165) is 38.5 Å². The number of aromatic nitrogens is 1. The van der Waals surface area contributed by atoms with E-state index in [0.29, 0.717) is 0 Å². The monoisotopic (exact) mass is 207 g/mol. The summed E-state index contributed by atoms with van der Waals surface area (Å²) in [6.07, 6.45) is 1.94. The Morgan fingerprint density at radius 1 is 1.40 bits per heavy atom. The fraction of sp³-hybridized carbons (Fsp3) is 0.545. The normalized spacial score (nSPS) is 16.7. The van der Waals surface area contributed by atoms with Gasteiger partial charge in [0.05, 0.1) is 30.8 Å². The van der Waals surface area contributed by atoms with Crippen molar-refractivity contribution >= 4 is 5.69 Å². The van der Waals surface area contributed by atoms with E-state index in [1.54, 1.807) is 0 Å². The van der Waals surface area contributed by atoms with Gasteiger partial charge in [-0.15, -0.1) is 0 Å². The maximum atomic E-state index is 5.31. The van der Waals surface area contributed by atoms with Gasteiger partial charge >= 0.3 is 0 Å². The molecule has 0 unspecified atom stereocenters. The summed E-state index contributed by atoms with van der Waals surface area (Å²) in [5.41, 5.74) is 2.27. The van der Waals surface area contributed by atoms with Gasteiger partial charge in [0.15, 0.2) is 0 Å². The van der Waals surface area contributed by atoms with Gasteiger partial charge in [0.1, 0.15) is 0 Å². The van der Waals surface area contributed by atoms with Crippen molar-refractivity contribution in [2.24, 2.45) is 0 Å². The van der Waals surface area contributed by atoms with Gasteiger partial charge in [-0.25, -0.2) is 0 Å². The first kappa shape index (κ1) is 10.4.